The highest BCUT2D eigenvalue weighted by atomic mass is 32.2. The molecule has 0 bridgehead atoms. The first-order valence-electron chi connectivity index (χ1n) is 4.13. The van der Waals surface area contributed by atoms with E-state index in [-0.39, 0.29) is 11.2 Å². The molecule has 0 radical (unpaired) electrons. The Morgan fingerprint density at radius 2 is 2.31 bits per heavy atom. The van der Waals surface area contributed by atoms with Crippen molar-refractivity contribution < 1.29 is 9.53 Å². The third kappa shape index (κ3) is 1.56. The first-order chi connectivity index (χ1) is 6.31. The van der Waals surface area contributed by atoms with Gasteiger partial charge in [0.1, 0.15) is 5.25 Å². The van der Waals surface area contributed by atoms with Gasteiger partial charge in [-0.1, -0.05) is 18.2 Å². The fourth-order valence-corrected chi connectivity index (χ4v) is 2.67. The zero-order chi connectivity index (χ0) is 9.26. The van der Waals surface area contributed by atoms with Crippen LogP contribution in [0.1, 0.15) is 5.56 Å². The number of hydrogen-bond donors (Lipinski definition) is 0. The molecule has 0 saturated carbocycles. The van der Waals surface area contributed by atoms with E-state index < -0.39 is 0 Å². The van der Waals surface area contributed by atoms with Crippen molar-refractivity contribution in [2.45, 2.75) is 16.6 Å². The average Bonchev–Trinajstić information content (AvgIpc) is 2.59. The van der Waals surface area contributed by atoms with E-state index in [4.69, 9.17) is 4.74 Å². The Balaban J connectivity index is 2.18. The highest BCUT2D eigenvalue weighted by Crippen LogP contribution is 2.36. The third-order valence-corrected chi connectivity index (χ3v) is 3.41. The highest BCUT2D eigenvalue weighted by molar-refractivity contribution is 8.01. The summed E-state index contributed by atoms with van der Waals surface area (Å²) in [6, 6.07) is 8.10. The van der Waals surface area contributed by atoms with Crippen LogP contribution in [0.25, 0.3) is 0 Å². The van der Waals surface area contributed by atoms with Gasteiger partial charge in [-0.25, -0.2) is 0 Å². The number of methoxy groups -OCH3 is 1. The van der Waals surface area contributed by atoms with Crippen LogP contribution in [0, 0.1) is 0 Å². The normalized spacial score (nSPS) is 19.6. The number of hydrogen-bond acceptors (Lipinski definition) is 3. The minimum Gasteiger partial charge on any atom is -0.468 e. The van der Waals surface area contributed by atoms with Crippen molar-refractivity contribution >= 4 is 17.7 Å². The Morgan fingerprint density at radius 3 is 3.00 bits per heavy atom. The largest absolute Gasteiger partial charge is 0.468 e. The quantitative estimate of drug-likeness (QED) is 0.638. The maximum absolute atomic E-state index is 11.2. The van der Waals surface area contributed by atoms with E-state index in [1.54, 1.807) is 11.8 Å². The van der Waals surface area contributed by atoms with Gasteiger partial charge in [-0.2, -0.15) is 0 Å². The van der Waals surface area contributed by atoms with Crippen LogP contribution in [0.3, 0.4) is 0 Å². The minimum atomic E-state index is -0.124. The summed E-state index contributed by atoms with van der Waals surface area (Å²) in [6.45, 7) is 0. The molecule has 68 valence electrons. The molecule has 0 aliphatic carbocycles. The van der Waals surface area contributed by atoms with E-state index in [1.807, 2.05) is 18.2 Å². The van der Waals surface area contributed by atoms with E-state index in [9.17, 15) is 4.79 Å². The number of benzene rings is 1. The standard InChI is InChI=1S/C10H10O2S/c1-12-10(11)9-6-7-4-2-3-5-8(7)13-9/h2-5,9H,6H2,1H3. The maximum atomic E-state index is 11.2. The van der Waals surface area contributed by atoms with Crippen molar-refractivity contribution in [3.63, 3.8) is 0 Å². The van der Waals surface area contributed by atoms with Crippen LogP contribution in [-0.2, 0) is 16.0 Å². The molecule has 13 heavy (non-hydrogen) atoms. The molecule has 0 saturated heterocycles. The molecule has 1 aromatic rings. The van der Waals surface area contributed by atoms with Crippen LogP contribution < -0.4 is 0 Å². The van der Waals surface area contributed by atoms with Crippen LogP contribution in [0.4, 0.5) is 0 Å². The first-order valence-corrected chi connectivity index (χ1v) is 5.01. The summed E-state index contributed by atoms with van der Waals surface area (Å²) < 4.78 is 4.71. The molecule has 0 amide bonds. The molecular formula is C10H10O2S. The summed E-state index contributed by atoms with van der Waals surface area (Å²) in [4.78, 5) is 12.4. The summed E-state index contributed by atoms with van der Waals surface area (Å²) in [5, 5.41) is -0.0394. The lowest BCUT2D eigenvalue weighted by Crippen LogP contribution is -2.17. The summed E-state index contributed by atoms with van der Waals surface area (Å²) >= 11 is 1.59. The lowest BCUT2D eigenvalue weighted by atomic mass is 10.1. The SMILES string of the molecule is COC(=O)C1Cc2ccccc2S1. The Hall–Kier alpha value is -0.960. The van der Waals surface area contributed by atoms with Gasteiger partial charge in [-0.3, -0.25) is 4.79 Å². The number of thioether (sulfide) groups is 1. The molecule has 3 heteroatoms. The number of carbonyl (C=O) groups is 1. The molecule has 2 nitrogen and oxygen atoms in total. The van der Waals surface area contributed by atoms with Gasteiger partial charge in [0.2, 0.25) is 0 Å². The summed E-state index contributed by atoms with van der Waals surface area (Å²) in [5.74, 6) is -0.124. The smallest absolute Gasteiger partial charge is 0.319 e. The van der Waals surface area contributed by atoms with Crippen molar-refractivity contribution in [2.75, 3.05) is 7.11 Å². The zero-order valence-electron chi connectivity index (χ0n) is 7.32. The lowest BCUT2D eigenvalue weighted by molar-refractivity contribution is -0.139. The molecule has 0 N–H and O–H groups in total. The third-order valence-electron chi connectivity index (χ3n) is 2.11. The molecule has 1 aliphatic rings. The predicted octanol–water partition coefficient (Wildman–Crippen LogP) is 1.88. The number of ether oxygens (including phenoxy) is 1. The summed E-state index contributed by atoms with van der Waals surface area (Å²) in [6.07, 6.45) is 0.799. The van der Waals surface area contributed by atoms with E-state index in [0.29, 0.717) is 0 Å². The fraction of sp³-hybridized carbons (Fsp3) is 0.300. The number of esters is 1. The van der Waals surface area contributed by atoms with Gasteiger partial charge in [0.25, 0.3) is 0 Å². The molecule has 1 heterocycles. The van der Waals surface area contributed by atoms with Gasteiger partial charge in [0.05, 0.1) is 7.11 Å². The molecule has 0 spiro atoms. The molecule has 0 aromatic heterocycles. The topological polar surface area (TPSA) is 26.3 Å². The van der Waals surface area contributed by atoms with Gasteiger partial charge < -0.3 is 4.74 Å². The van der Waals surface area contributed by atoms with Gasteiger partial charge in [-0.15, -0.1) is 11.8 Å². The zero-order valence-corrected chi connectivity index (χ0v) is 8.14. The van der Waals surface area contributed by atoms with Crippen molar-refractivity contribution in [3.8, 4) is 0 Å². The van der Waals surface area contributed by atoms with E-state index in [0.717, 1.165) is 6.42 Å². The minimum absolute atomic E-state index is 0.0394. The summed E-state index contributed by atoms with van der Waals surface area (Å²) in [7, 11) is 1.44. The molecule has 2 rings (SSSR count). The molecule has 1 unspecified atom stereocenters. The van der Waals surface area contributed by atoms with Crippen LogP contribution in [0.2, 0.25) is 0 Å². The second-order valence-electron chi connectivity index (χ2n) is 2.94. The van der Waals surface area contributed by atoms with Gasteiger partial charge in [-0.05, 0) is 18.1 Å². The number of carbonyl (C=O) groups excluding carboxylic acids is 1. The van der Waals surface area contributed by atoms with Gasteiger partial charge >= 0.3 is 5.97 Å². The van der Waals surface area contributed by atoms with Crippen LogP contribution in [0.15, 0.2) is 29.2 Å². The summed E-state index contributed by atoms with van der Waals surface area (Å²) in [5.41, 5.74) is 1.25. The second-order valence-corrected chi connectivity index (χ2v) is 4.19. The molecule has 1 aliphatic heterocycles. The lowest BCUT2D eigenvalue weighted by Gasteiger charge is -2.03. The van der Waals surface area contributed by atoms with Crippen molar-refractivity contribution in [2.24, 2.45) is 0 Å². The Bertz CT molecular complexity index is 310. The van der Waals surface area contributed by atoms with E-state index in [2.05, 4.69) is 6.07 Å². The van der Waals surface area contributed by atoms with E-state index in [1.165, 1.54) is 17.6 Å². The number of fused-ring (bicyclic) bond motifs is 1. The Labute approximate surface area is 81.3 Å². The molecule has 1 atom stereocenters. The van der Waals surface area contributed by atoms with E-state index >= 15 is 0 Å². The fourth-order valence-electron chi connectivity index (χ4n) is 1.44. The molecule has 0 fully saturated rings. The van der Waals surface area contributed by atoms with Gasteiger partial charge in [0.15, 0.2) is 0 Å². The first kappa shape index (κ1) is 8.63. The van der Waals surface area contributed by atoms with Crippen molar-refractivity contribution in [1.29, 1.82) is 0 Å². The van der Waals surface area contributed by atoms with Gasteiger partial charge in [0, 0.05) is 4.90 Å². The Kier molecular flexibility index (Phi) is 2.27. The number of rotatable bonds is 1. The van der Waals surface area contributed by atoms with Crippen molar-refractivity contribution in [1.82, 2.24) is 0 Å². The predicted molar refractivity (Wildman–Crippen MR) is 51.8 cm³/mol. The van der Waals surface area contributed by atoms with Crippen molar-refractivity contribution in [3.05, 3.63) is 29.8 Å². The maximum Gasteiger partial charge on any atom is 0.319 e. The Morgan fingerprint density at radius 1 is 1.54 bits per heavy atom. The monoisotopic (exact) mass is 194 g/mol. The average molecular weight is 194 g/mol. The molecule has 1 aromatic carbocycles. The highest BCUT2D eigenvalue weighted by Gasteiger charge is 2.28. The molecular weight excluding hydrogens is 184 g/mol. The van der Waals surface area contributed by atoms with Crippen LogP contribution >= 0.6 is 11.8 Å². The van der Waals surface area contributed by atoms with Crippen LogP contribution in [0.5, 0.6) is 0 Å². The van der Waals surface area contributed by atoms with Crippen LogP contribution in [-0.4, -0.2) is 18.3 Å². The second kappa shape index (κ2) is 3.42.